The summed E-state index contributed by atoms with van der Waals surface area (Å²) < 4.78 is 16.2. The lowest BCUT2D eigenvalue weighted by atomic mass is 9.82. The van der Waals surface area contributed by atoms with Gasteiger partial charge in [-0.2, -0.15) is 0 Å². The van der Waals surface area contributed by atoms with Crippen LogP contribution in [0.2, 0.25) is 0 Å². The van der Waals surface area contributed by atoms with Crippen LogP contribution in [0.5, 0.6) is 17.2 Å². The Bertz CT molecular complexity index is 932. The smallest absolute Gasteiger partial charge is 0.255 e. The zero-order chi connectivity index (χ0) is 20.4. The predicted octanol–water partition coefficient (Wildman–Crippen LogP) is 4.41. The number of benzene rings is 2. The summed E-state index contributed by atoms with van der Waals surface area (Å²) in [6, 6.07) is 14.0. The van der Waals surface area contributed by atoms with Gasteiger partial charge in [-0.05, 0) is 66.6 Å². The van der Waals surface area contributed by atoms with Crippen LogP contribution in [0.15, 0.2) is 42.5 Å². The summed E-state index contributed by atoms with van der Waals surface area (Å²) in [4.78, 5) is 15.7. The van der Waals surface area contributed by atoms with Crippen molar-refractivity contribution in [1.29, 1.82) is 0 Å². The molecule has 0 bridgehead atoms. The largest absolute Gasteiger partial charge is 0.497 e. The molecule has 2 heterocycles. The van der Waals surface area contributed by atoms with E-state index in [-0.39, 0.29) is 11.9 Å². The van der Waals surface area contributed by atoms with E-state index in [2.05, 4.69) is 4.90 Å². The number of rotatable bonds is 5. The summed E-state index contributed by atoms with van der Waals surface area (Å²) in [6.45, 7) is 0.830. The average molecular weight is 393 g/mol. The lowest BCUT2D eigenvalue weighted by Gasteiger charge is -2.41. The van der Waals surface area contributed by atoms with Gasteiger partial charge in [-0.25, -0.2) is 0 Å². The molecule has 0 N–H and O–H groups in total. The van der Waals surface area contributed by atoms with Crippen LogP contribution in [0.3, 0.4) is 0 Å². The highest BCUT2D eigenvalue weighted by Crippen LogP contribution is 2.42. The molecule has 0 spiro atoms. The van der Waals surface area contributed by atoms with E-state index in [0.717, 1.165) is 53.8 Å². The van der Waals surface area contributed by atoms with Crippen molar-refractivity contribution < 1.29 is 19.0 Å². The highest BCUT2D eigenvalue weighted by atomic mass is 16.5. The third kappa shape index (κ3) is 3.57. The van der Waals surface area contributed by atoms with Gasteiger partial charge in [0.05, 0.1) is 26.9 Å². The van der Waals surface area contributed by atoms with Gasteiger partial charge in [0.15, 0.2) is 11.5 Å². The molecule has 0 saturated carbocycles. The van der Waals surface area contributed by atoms with Crippen LogP contribution in [-0.4, -0.2) is 44.7 Å². The third-order valence-corrected chi connectivity index (χ3v) is 5.95. The minimum Gasteiger partial charge on any atom is -0.497 e. The van der Waals surface area contributed by atoms with Crippen molar-refractivity contribution in [2.45, 2.75) is 31.7 Å². The Hall–Kier alpha value is -2.95. The standard InChI is InChI=1S/C24H27NO4/c1-27-19-10-7-16(8-11-19)20-15-18-6-4-5-13-25(18)24(26)23(20)17-9-12-21(28-2)22(14-17)29-3/h7-12,14,18H,4-6,13,15H2,1-3H3. The number of carbonyl (C=O) groups excluding carboxylic acids is 1. The normalized spacial score (nSPS) is 19.1. The number of hydrogen-bond acceptors (Lipinski definition) is 4. The maximum Gasteiger partial charge on any atom is 0.255 e. The van der Waals surface area contributed by atoms with Crippen molar-refractivity contribution in [1.82, 2.24) is 4.90 Å². The second-order valence-electron chi connectivity index (χ2n) is 7.50. The Kier molecular flexibility index (Phi) is 5.47. The van der Waals surface area contributed by atoms with E-state index in [9.17, 15) is 4.79 Å². The van der Waals surface area contributed by atoms with Gasteiger partial charge in [-0.15, -0.1) is 0 Å². The van der Waals surface area contributed by atoms with E-state index in [1.807, 2.05) is 42.5 Å². The molecular weight excluding hydrogens is 366 g/mol. The van der Waals surface area contributed by atoms with Crippen molar-refractivity contribution in [3.05, 3.63) is 53.6 Å². The van der Waals surface area contributed by atoms with E-state index in [1.165, 1.54) is 6.42 Å². The van der Waals surface area contributed by atoms with Crippen molar-refractivity contribution in [3.63, 3.8) is 0 Å². The lowest BCUT2D eigenvalue weighted by molar-refractivity contribution is -0.128. The predicted molar refractivity (Wildman–Crippen MR) is 113 cm³/mol. The zero-order valence-corrected chi connectivity index (χ0v) is 17.2. The van der Waals surface area contributed by atoms with E-state index >= 15 is 0 Å². The second-order valence-corrected chi connectivity index (χ2v) is 7.50. The molecule has 1 fully saturated rings. The van der Waals surface area contributed by atoms with Crippen LogP contribution >= 0.6 is 0 Å². The summed E-state index contributed by atoms with van der Waals surface area (Å²) >= 11 is 0. The van der Waals surface area contributed by atoms with Crippen LogP contribution in [0.1, 0.15) is 36.8 Å². The number of hydrogen-bond donors (Lipinski definition) is 0. The summed E-state index contributed by atoms with van der Waals surface area (Å²) in [5.41, 5.74) is 3.78. The van der Waals surface area contributed by atoms with Crippen molar-refractivity contribution in [2.24, 2.45) is 0 Å². The Labute approximate surface area is 171 Å². The van der Waals surface area contributed by atoms with Gasteiger partial charge in [0.2, 0.25) is 0 Å². The Morgan fingerprint density at radius 3 is 2.28 bits per heavy atom. The van der Waals surface area contributed by atoms with Gasteiger partial charge < -0.3 is 19.1 Å². The van der Waals surface area contributed by atoms with Crippen LogP contribution < -0.4 is 14.2 Å². The molecule has 1 unspecified atom stereocenters. The summed E-state index contributed by atoms with van der Waals surface area (Å²) in [7, 11) is 4.89. The Morgan fingerprint density at radius 2 is 1.59 bits per heavy atom. The fourth-order valence-electron chi connectivity index (χ4n) is 4.43. The quantitative estimate of drug-likeness (QED) is 0.755. The molecule has 1 amide bonds. The number of nitrogens with zero attached hydrogens (tertiary/aromatic N) is 1. The molecule has 5 heteroatoms. The van der Waals surface area contributed by atoms with Gasteiger partial charge in [0, 0.05) is 12.6 Å². The monoisotopic (exact) mass is 393 g/mol. The fraction of sp³-hybridized carbons (Fsp3) is 0.375. The van der Waals surface area contributed by atoms with Crippen LogP contribution in [0, 0.1) is 0 Å². The molecule has 152 valence electrons. The first-order valence-electron chi connectivity index (χ1n) is 10.1. The van der Waals surface area contributed by atoms with Gasteiger partial charge in [-0.1, -0.05) is 18.2 Å². The summed E-state index contributed by atoms with van der Waals surface area (Å²) in [5, 5.41) is 0. The van der Waals surface area contributed by atoms with Crippen molar-refractivity contribution in [3.8, 4) is 17.2 Å². The van der Waals surface area contributed by atoms with E-state index < -0.39 is 0 Å². The first-order chi connectivity index (χ1) is 14.2. The number of amides is 1. The fourth-order valence-corrected chi connectivity index (χ4v) is 4.43. The highest BCUT2D eigenvalue weighted by Gasteiger charge is 2.36. The molecule has 0 radical (unpaired) electrons. The molecule has 2 aliphatic heterocycles. The molecule has 2 aromatic carbocycles. The highest BCUT2D eigenvalue weighted by molar-refractivity contribution is 6.28. The summed E-state index contributed by atoms with van der Waals surface area (Å²) in [6.07, 6.45) is 4.17. The van der Waals surface area contributed by atoms with Crippen molar-refractivity contribution in [2.75, 3.05) is 27.9 Å². The topological polar surface area (TPSA) is 48.0 Å². The molecule has 2 aromatic rings. The summed E-state index contributed by atoms with van der Waals surface area (Å²) in [5.74, 6) is 2.20. The molecule has 2 aliphatic rings. The maximum atomic E-state index is 13.6. The molecule has 4 rings (SSSR count). The first-order valence-corrected chi connectivity index (χ1v) is 10.1. The molecule has 1 saturated heterocycles. The van der Waals surface area contributed by atoms with E-state index in [0.29, 0.717) is 11.5 Å². The molecule has 0 aromatic heterocycles. The third-order valence-electron chi connectivity index (χ3n) is 5.95. The van der Waals surface area contributed by atoms with Gasteiger partial charge in [0.1, 0.15) is 5.75 Å². The van der Waals surface area contributed by atoms with E-state index in [1.54, 1.807) is 21.3 Å². The number of piperidine rings is 1. The molecular formula is C24H27NO4. The van der Waals surface area contributed by atoms with Gasteiger partial charge in [0.25, 0.3) is 5.91 Å². The number of carbonyl (C=O) groups is 1. The zero-order valence-electron chi connectivity index (χ0n) is 17.2. The van der Waals surface area contributed by atoms with Crippen molar-refractivity contribution >= 4 is 17.1 Å². The molecule has 29 heavy (non-hydrogen) atoms. The average Bonchev–Trinajstić information content (AvgIpc) is 2.78. The molecule has 1 atom stereocenters. The lowest BCUT2D eigenvalue weighted by Crippen LogP contribution is -2.47. The van der Waals surface area contributed by atoms with Crippen LogP contribution in [0.25, 0.3) is 11.1 Å². The Morgan fingerprint density at radius 1 is 0.862 bits per heavy atom. The Balaban J connectivity index is 1.87. The van der Waals surface area contributed by atoms with E-state index in [4.69, 9.17) is 14.2 Å². The van der Waals surface area contributed by atoms with Gasteiger partial charge >= 0.3 is 0 Å². The molecule has 0 aliphatic carbocycles. The first kappa shape index (κ1) is 19.4. The maximum absolute atomic E-state index is 13.6. The second kappa shape index (κ2) is 8.19. The minimum atomic E-state index is 0.110. The number of methoxy groups -OCH3 is 3. The number of ether oxygens (including phenoxy) is 3. The van der Waals surface area contributed by atoms with Gasteiger partial charge in [-0.3, -0.25) is 4.79 Å². The molecule has 5 nitrogen and oxygen atoms in total. The SMILES string of the molecule is COc1ccc(C2=C(c3ccc(OC)c(OC)c3)C(=O)N3CCCCC3C2)cc1. The van der Waals surface area contributed by atoms with Crippen LogP contribution in [0.4, 0.5) is 0 Å². The van der Waals surface area contributed by atoms with Crippen LogP contribution in [-0.2, 0) is 4.79 Å². The number of fused-ring (bicyclic) bond motifs is 1. The minimum absolute atomic E-state index is 0.110.